The Bertz CT molecular complexity index is 243. The number of likely N-dealkylation sites (N-methyl/N-ethyl adjacent to an activating group) is 1. The first-order chi connectivity index (χ1) is 9.28. The number of aliphatic hydroxyl groups excluding tert-OH is 1. The van der Waals surface area contributed by atoms with E-state index in [2.05, 4.69) is 11.8 Å². The summed E-state index contributed by atoms with van der Waals surface area (Å²) in [6, 6.07) is 0. The maximum absolute atomic E-state index is 9.91. The first kappa shape index (κ1) is 15.3. The topological polar surface area (TPSA) is 32.7 Å². The van der Waals surface area contributed by atoms with Gasteiger partial charge in [-0.15, -0.1) is 0 Å². The Morgan fingerprint density at radius 2 is 1.89 bits per heavy atom. The van der Waals surface area contributed by atoms with E-state index in [1.54, 1.807) is 0 Å². The molecule has 1 saturated carbocycles. The fraction of sp³-hybridized carbons (Fsp3) is 1.00. The minimum absolute atomic E-state index is 0.158. The molecular weight excluding hydrogens is 238 g/mol. The Kier molecular flexibility index (Phi) is 6.11. The van der Waals surface area contributed by atoms with Crippen molar-refractivity contribution in [3.63, 3.8) is 0 Å². The highest BCUT2D eigenvalue weighted by Gasteiger charge is 2.33. The van der Waals surface area contributed by atoms with E-state index in [9.17, 15) is 5.11 Å². The number of ether oxygens (including phenoxy) is 1. The molecule has 1 saturated heterocycles. The molecule has 0 aromatic rings. The third-order valence-electron chi connectivity index (χ3n) is 4.99. The fourth-order valence-corrected chi connectivity index (χ4v) is 3.70. The van der Waals surface area contributed by atoms with E-state index >= 15 is 0 Å². The molecule has 112 valence electrons. The molecule has 0 radical (unpaired) electrons. The number of aliphatic hydroxyl groups is 1. The van der Waals surface area contributed by atoms with Gasteiger partial charge in [0.25, 0.3) is 0 Å². The summed E-state index contributed by atoms with van der Waals surface area (Å²) in [6.07, 6.45) is 10.5. The Balaban J connectivity index is 1.89. The standard InChI is InChI=1S/C16H31NO2/c1-2-17(12-15-8-7-11-19-15)13-16(14-18)9-5-3-4-6-10-16/h15,18H,2-14H2,1H3. The minimum atomic E-state index is 0.158. The van der Waals surface area contributed by atoms with Gasteiger partial charge in [0.15, 0.2) is 0 Å². The monoisotopic (exact) mass is 269 g/mol. The summed E-state index contributed by atoms with van der Waals surface area (Å²) in [5.41, 5.74) is 0.158. The van der Waals surface area contributed by atoms with Gasteiger partial charge in [-0.3, -0.25) is 0 Å². The van der Waals surface area contributed by atoms with Gasteiger partial charge in [0.1, 0.15) is 0 Å². The lowest BCUT2D eigenvalue weighted by Crippen LogP contribution is -2.43. The van der Waals surface area contributed by atoms with E-state index in [1.807, 2.05) is 0 Å². The molecule has 19 heavy (non-hydrogen) atoms. The van der Waals surface area contributed by atoms with E-state index < -0.39 is 0 Å². The lowest BCUT2D eigenvalue weighted by Gasteiger charge is -2.37. The van der Waals surface area contributed by atoms with Crippen molar-refractivity contribution >= 4 is 0 Å². The van der Waals surface area contributed by atoms with E-state index in [-0.39, 0.29) is 5.41 Å². The summed E-state index contributed by atoms with van der Waals surface area (Å²) >= 11 is 0. The molecule has 1 N–H and O–H groups in total. The third kappa shape index (κ3) is 4.44. The van der Waals surface area contributed by atoms with Gasteiger partial charge in [0.2, 0.25) is 0 Å². The summed E-state index contributed by atoms with van der Waals surface area (Å²) in [5, 5.41) is 9.91. The molecule has 2 aliphatic rings. The van der Waals surface area contributed by atoms with Gasteiger partial charge in [-0.25, -0.2) is 0 Å². The lowest BCUT2D eigenvalue weighted by molar-refractivity contribution is 0.0280. The van der Waals surface area contributed by atoms with E-state index in [1.165, 1.54) is 51.4 Å². The van der Waals surface area contributed by atoms with Crippen molar-refractivity contribution in [3.05, 3.63) is 0 Å². The van der Waals surface area contributed by atoms with Crippen LogP contribution in [0.3, 0.4) is 0 Å². The molecule has 0 bridgehead atoms. The van der Waals surface area contributed by atoms with Crippen LogP contribution in [0.2, 0.25) is 0 Å². The van der Waals surface area contributed by atoms with Crippen molar-refractivity contribution < 1.29 is 9.84 Å². The molecule has 0 aromatic carbocycles. The van der Waals surface area contributed by atoms with Gasteiger partial charge < -0.3 is 14.7 Å². The summed E-state index contributed by atoms with van der Waals surface area (Å²) in [5.74, 6) is 0. The molecule has 0 aromatic heterocycles. The number of hydrogen-bond acceptors (Lipinski definition) is 3. The van der Waals surface area contributed by atoms with Crippen LogP contribution in [0.4, 0.5) is 0 Å². The highest BCUT2D eigenvalue weighted by molar-refractivity contribution is 4.85. The second-order valence-electron chi connectivity index (χ2n) is 6.54. The average Bonchev–Trinajstić information content (AvgIpc) is 2.83. The first-order valence-corrected chi connectivity index (χ1v) is 8.23. The number of nitrogens with zero attached hydrogens (tertiary/aromatic N) is 1. The fourth-order valence-electron chi connectivity index (χ4n) is 3.70. The van der Waals surface area contributed by atoms with Crippen LogP contribution < -0.4 is 0 Å². The maximum Gasteiger partial charge on any atom is 0.0702 e. The Morgan fingerprint density at radius 1 is 1.16 bits per heavy atom. The lowest BCUT2D eigenvalue weighted by atomic mass is 9.80. The van der Waals surface area contributed by atoms with Crippen LogP contribution >= 0.6 is 0 Å². The molecule has 3 nitrogen and oxygen atoms in total. The predicted molar refractivity (Wildman–Crippen MR) is 78.3 cm³/mol. The highest BCUT2D eigenvalue weighted by atomic mass is 16.5. The molecule has 1 atom stereocenters. The molecule has 1 unspecified atom stereocenters. The van der Waals surface area contributed by atoms with Gasteiger partial charge in [0.05, 0.1) is 6.10 Å². The van der Waals surface area contributed by atoms with Crippen LogP contribution in [0.15, 0.2) is 0 Å². The largest absolute Gasteiger partial charge is 0.396 e. The van der Waals surface area contributed by atoms with Crippen LogP contribution in [0.25, 0.3) is 0 Å². The van der Waals surface area contributed by atoms with Crippen LogP contribution in [0.1, 0.15) is 58.3 Å². The number of hydrogen-bond donors (Lipinski definition) is 1. The van der Waals surface area contributed by atoms with Crippen molar-refractivity contribution in [2.75, 3.05) is 32.8 Å². The van der Waals surface area contributed by atoms with Crippen molar-refractivity contribution in [1.82, 2.24) is 4.90 Å². The quantitative estimate of drug-likeness (QED) is 0.753. The third-order valence-corrected chi connectivity index (χ3v) is 4.99. The van der Waals surface area contributed by atoms with Crippen molar-refractivity contribution in [2.24, 2.45) is 5.41 Å². The van der Waals surface area contributed by atoms with Gasteiger partial charge in [-0.2, -0.15) is 0 Å². The summed E-state index contributed by atoms with van der Waals surface area (Å²) < 4.78 is 5.76. The molecule has 0 amide bonds. The summed E-state index contributed by atoms with van der Waals surface area (Å²) in [6.45, 7) is 6.71. The molecule has 3 heteroatoms. The molecule has 1 aliphatic heterocycles. The summed E-state index contributed by atoms with van der Waals surface area (Å²) in [4.78, 5) is 2.51. The molecule has 2 fully saturated rings. The van der Waals surface area contributed by atoms with Gasteiger partial charge >= 0.3 is 0 Å². The van der Waals surface area contributed by atoms with Gasteiger partial charge in [-0.05, 0) is 32.2 Å². The van der Waals surface area contributed by atoms with Crippen LogP contribution in [0.5, 0.6) is 0 Å². The zero-order chi connectivity index (χ0) is 13.6. The van der Waals surface area contributed by atoms with E-state index in [0.29, 0.717) is 12.7 Å². The van der Waals surface area contributed by atoms with Crippen LogP contribution in [-0.2, 0) is 4.74 Å². The molecule has 1 aliphatic carbocycles. The SMILES string of the molecule is CCN(CC1CCCO1)CC1(CO)CCCCCC1. The zero-order valence-corrected chi connectivity index (χ0v) is 12.6. The van der Waals surface area contributed by atoms with Crippen LogP contribution in [0, 0.1) is 5.41 Å². The second-order valence-corrected chi connectivity index (χ2v) is 6.54. The Hall–Kier alpha value is -0.120. The molecular formula is C16H31NO2. The Morgan fingerprint density at radius 3 is 2.42 bits per heavy atom. The van der Waals surface area contributed by atoms with Crippen LogP contribution in [-0.4, -0.2) is 49.0 Å². The van der Waals surface area contributed by atoms with E-state index in [0.717, 1.165) is 26.2 Å². The number of rotatable bonds is 6. The normalized spacial score (nSPS) is 27.6. The first-order valence-electron chi connectivity index (χ1n) is 8.23. The minimum Gasteiger partial charge on any atom is -0.396 e. The van der Waals surface area contributed by atoms with Gasteiger partial charge in [-0.1, -0.05) is 32.6 Å². The second kappa shape index (κ2) is 7.61. The molecule has 0 spiro atoms. The smallest absolute Gasteiger partial charge is 0.0702 e. The molecule has 2 rings (SSSR count). The van der Waals surface area contributed by atoms with E-state index in [4.69, 9.17) is 4.74 Å². The zero-order valence-electron chi connectivity index (χ0n) is 12.6. The van der Waals surface area contributed by atoms with Crippen molar-refractivity contribution in [1.29, 1.82) is 0 Å². The predicted octanol–water partition coefficient (Wildman–Crippen LogP) is 2.82. The molecule has 1 heterocycles. The van der Waals surface area contributed by atoms with Crippen molar-refractivity contribution in [2.45, 2.75) is 64.4 Å². The van der Waals surface area contributed by atoms with Crippen molar-refractivity contribution in [3.8, 4) is 0 Å². The maximum atomic E-state index is 9.91. The summed E-state index contributed by atoms with van der Waals surface area (Å²) in [7, 11) is 0. The van der Waals surface area contributed by atoms with Gasteiger partial charge in [0, 0.05) is 31.7 Å². The average molecular weight is 269 g/mol. The highest BCUT2D eigenvalue weighted by Crippen LogP contribution is 2.35. The Labute approximate surface area is 118 Å².